The van der Waals surface area contributed by atoms with Gasteiger partial charge >= 0.3 is 5.97 Å². The van der Waals surface area contributed by atoms with Crippen LogP contribution in [0.3, 0.4) is 0 Å². The molecule has 7 nitrogen and oxygen atoms in total. The molecule has 1 amide bonds. The number of nitrogens with one attached hydrogen (secondary N) is 1. The molecule has 0 saturated heterocycles. The van der Waals surface area contributed by atoms with Crippen molar-refractivity contribution in [3.63, 3.8) is 0 Å². The highest BCUT2D eigenvalue weighted by Crippen LogP contribution is 2.14. The van der Waals surface area contributed by atoms with Gasteiger partial charge in [0.25, 0.3) is 5.69 Å². The molecule has 0 bridgehead atoms. The molecule has 1 rings (SSSR count). The number of carboxylic acid groups (broad SMARTS) is 1. The minimum atomic E-state index is -1.11. The lowest BCUT2D eigenvalue weighted by atomic mass is 10.0. The van der Waals surface area contributed by atoms with Gasteiger partial charge in [-0.1, -0.05) is 26.0 Å². The summed E-state index contributed by atoms with van der Waals surface area (Å²) in [6.45, 7) is 3.37. The Balaban J connectivity index is 2.76. The van der Waals surface area contributed by atoms with Crippen LogP contribution in [0, 0.1) is 16.0 Å². The van der Waals surface area contributed by atoms with Crippen LogP contribution in [0.4, 0.5) is 5.69 Å². The number of rotatable bonds is 6. The highest BCUT2D eigenvalue weighted by molar-refractivity contribution is 5.94. The standard InChI is InChI=1S/C14H16N2O5/c1-9(2)13(14(18)19)15-12(17)7-6-10-4-3-5-11(8-10)16(20)21/h3-9,13H,1-2H3,(H,15,17)(H,18,19)/b7-6+/t13-/m1/s1. The number of hydrogen-bond donors (Lipinski definition) is 2. The third kappa shape index (κ3) is 5.06. The number of hydrogen-bond acceptors (Lipinski definition) is 4. The number of carboxylic acids is 1. The summed E-state index contributed by atoms with van der Waals surface area (Å²) >= 11 is 0. The van der Waals surface area contributed by atoms with Crippen LogP contribution in [-0.4, -0.2) is 27.9 Å². The molecular weight excluding hydrogens is 276 g/mol. The third-order valence-electron chi connectivity index (χ3n) is 2.74. The Hall–Kier alpha value is -2.70. The lowest BCUT2D eigenvalue weighted by Gasteiger charge is -2.16. The molecule has 0 aromatic heterocycles. The van der Waals surface area contributed by atoms with Gasteiger partial charge in [0.05, 0.1) is 4.92 Å². The van der Waals surface area contributed by atoms with Crippen LogP contribution in [0.25, 0.3) is 6.08 Å². The Bertz CT molecular complexity index is 580. The average molecular weight is 292 g/mol. The summed E-state index contributed by atoms with van der Waals surface area (Å²) in [6, 6.07) is 4.79. The van der Waals surface area contributed by atoms with E-state index in [1.807, 2.05) is 0 Å². The highest BCUT2D eigenvalue weighted by atomic mass is 16.6. The van der Waals surface area contributed by atoms with Gasteiger partial charge in [-0.15, -0.1) is 0 Å². The predicted molar refractivity (Wildman–Crippen MR) is 76.5 cm³/mol. The van der Waals surface area contributed by atoms with Crippen LogP contribution in [0.2, 0.25) is 0 Å². The molecule has 21 heavy (non-hydrogen) atoms. The van der Waals surface area contributed by atoms with Gasteiger partial charge in [0.15, 0.2) is 0 Å². The molecule has 0 spiro atoms. The van der Waals surface area contributed by atoms with Crippen molar-refractivity contribution in [3.8, 4) is 0 Å². The van der Waals surface area contributed by atoms with Crippen molar-refractivity contribution in [1.82, 2.24) is 5.32 Å². The van der Waals surface area contributed by atoms with Gasteiger partial charge in [-0.3, -0.25) is 14.9 Å². The van der Waals surface area contributed by atoms with Crippen LogP contribution in [0.5, 0.6) is 0 Å². The van der Waals surface area contributed by atoms with Crippen molar-refractivity contribution in [2.75, 3.05) is 0 Å². The van der Waals surface area contributed by atoms with E-state index in [1.54, 1.807) is 19.9 Å². The normalized spacial score (nSPS) is 12.3. The fraction of sp³-hybridized carbons (Fsp3) is 0.286. The van der Waals surface area contributed by atoms with Gasteiger partial charge in [0.2, 0.25) is 5.91 Å². The Kier molecular flexibility index (Phi) is 5.59. The Labute approximate surface area is 121 Å². The van der Waals surface area contributed by atoms with E-state index in [9.17, 15) is 19.7 Å². The second kappa shape index (κ2) is 7.18. The third-order valence-corrected chi connectivity index (χ3v) is 2.74. The number of aliphatic carboxylic acids is 1. The van der Waals surface area contributed by atoms with E-state index >= 15 is 0 Å². The maximum atomic E-state index is 11.7. The fourth-order valence-corrected chi connectivity index (χ4v) is 1.63. The summed E-state index contributed by atoms with van der Waals surface area (Å²) in [5.41, 5.74) is 0.402. The van der Waals surface area contributed by atoms with Crippen molar-refractivity contribution >= 4 is 23.6 Å². The van der Waals surface area contributed by atoms with E-state index in [0.29, 0.717) is 5.56 Å². The lowest BCUT2D eigenvalue weighted by molar-refractivity contribution is -0.384. The molecule has 0 aliphatic heterocycles. The SMILES string of the molecule is CC(C)[C@@H](NC(=O)/C=C/c1cccc([N+](=O)[O-])c1)C(=O)O. The summed E-state index contributed by atoms with van der Waals surface area (Å²) in [6.07, 6.45) is 2.54. The summed E-state index contributed by atoms with van der Waals surface area (Å²) in [5.74, 6) is -1.93. The van der Waals surface area contributed by atoms with Crippen molar-refractivity contribution in [3.05, 3.63) is 46.0 Å². The van der Waals surface area contributed by atoms with Gasteiger partial charge in [-0.05, 0) is 17.6 Å². The minimum Gasteiger partial charge on any atom is -0.480 e. The molecule has 0 radical (unpaired) electrons. The maximum Gasteiger partial charge on any atom is 0.326 e. The number of carbonyl (C=O) groups excluding carboxylic acids is 1. The van der Waals surface area contributed by atoms with Gasteiger partial charge in [0, 0.05) is 18.2 Å². The van der Waals surface area contributed by atoms with Crippen LogP contribution < -0.4 is 5.32 Å². The Morgan fingerprint density at radius 1 is 1.38 bits per heavy atom. The fourth-order valence-electron chi connectivity index (χ4n) is 1.63. The maximum absolute atomic E-state index is 11.7. The van der Waals surface area contributed by atoms with E-state index in [0.717, 1.165) is 6.08 Å². The van der Waals surface area contributed by atoms with Gasteiger partial charge < -0.3 is 10.4 Å². The zero-order valence-electron chi connectivity index (χ0n) is 11.6. The molecule has 0 heterocycles. The quantitative estimate of drug-likeness (QED) is 0.472. The van der Waals surface area contributed by atoms with Gasteiger partial charge in [0.1, 0.15) is 6.04 Å². The first-order valence-electron chi connectivity index (χ1n) is 6.27. The Morgan fingerprint density at radius 3 is 2.57 bits per heavy atom. The molecule has 0 unspecified atom stereocenters. The average Bonchev–Trinajstić information content (AvgIpc) is 2.42. The number of carbonyl (C=O) groups is 2. The van der Waals surface area contributed by atoms with E-state index in [2.05, 4.69) is 5.32 Å². The first-order chi connectivity index (χ1) is 9.81. The summed E-state index contributed by atoms with van der Waals surface area (Å²) < 4.78 is 0. The summed E-state index contributed by atoms with van der Waals surface area (Å²) in [7, 11) is 0. The molecule has 0 saturated carbocycles. The summed E-state index contributed by atoms with van der Waals surface area (Å²) in [5, 5.41) is 21.9. The van der Waals surface area contributed by atoms with E-state index in [1.165, 1.54) is 24.3 Å². The molecule has 0 aliphatic rings. The summed E-state index contributed by atoms with van der Waals surface area (Å²) in [4.78, 5) is 32.7. The van der Waals surface area contributed by atoms with Gasteiger partial charge in [-0.2, -0.15) is 0 Å². The number of nitro benzene ring substituents is 1. The molecule has 0 aliphatic carbocycles. The smallest absolute Gasteiger partial charge is 0.326 e. The monoisotopic (exact) mass is 292 g/mol. The Morgan fingerprint density at radius 2 is 2.05 bits per heavy atom. The van der Waals surface area contributed by atoms with Crippen LogP contribution in [0.15, 0.2) is 30.3 Å². The van der Waals surface area contributed by atoms with Crippen LogP contribution in [-0.2, 0) is 9.59 Å². The zero-order chi connectivity index (χ0) is 16.0. The van der Waals surface area contributed by atoms with E-state index < -0.39 is 22.8 Å². The number of non-ortho nitro benzene ring substituents is 1. The first-order valence-corrected chi connectivity index (χ1v) is 6.27. The van der Waals surface area contributed by atoms with Crippen molar-refractivity contribution in [1.29, 1.82) is 0 Å². The molecule has 1 aromatic rings. The predicted octanol–water partition coefficient (Wildman–Crippen LogP) is 1.83. The van der Waals surface area contributed by atoms with Crippen LogP contribution >= 0.6 is 0 Å². The van der Waals surface area contributed by atoms with Crippen molar-refractivity contribution in [2.45, 2.75) is 19.9 Å². The minimum absolute atomic E-state index is 0.0804. The second-order valence-corrected chi connectivity index (χ2v) is 4.75. The van der Waals surface area contributed by atoms with Crippen LogP contribution in [0.1, 0.15) is 19.4 Å². The zero-order valence-corrected chi connectivity index (χ0v) is 11.6. The molecular formula is C14H16N2O5. The second-order valence-electron chi connectivity index (χ2n) is 4.75. The van der Waals surface area contributed by atoms with E-state index in [-0.39, 0.29) is 11.6 Å². The number of amides is 1. The lowest BCUT2D eigenvalue weighted by Crippen LogP contribution is -2.43. The molecule has 0 fully saturated rings. The van der Waals surface area contributed by atoms with Crippen molar-refractivity contribution in [2.24, 2.45) is 5.92 Å². The topological polar surface area (TPSA) is 110 Å². The number of nitrogens with zero attached hydrogens (tertiary/aromatic N) is 1. The molecule has 112 valence electrons. The molecule has 7 heteroatoms. The van der Waals surface area contributed by atoms with Gasteiger partial charge in [-0.25, -0.2) is 4.79 Å². The van der Waals surface area contributed by atoms with E-state index in [4.69, 9.17) is 5.11 Å². The largest absolute Gasteiger partial charge is 0.480 e. The van der Waals surface area contributed by atoms with Crippen molar-refractivity contribution < 1.29 is 19.6 Å². The molecule has 1 aromatic carbocycles. The molecule has 1 atom stereocenters. The highest BCUT2D eigenvalue weighted by Gasteiger charge is 2.22. The molecule has 2 N–H and O–H groups in total. The first kappa shape index (κ1) is 16.4. The number of nitro groups is 1. The number of benzene rings is 1.